The second-order valence-electron chi connectivity index (χ2n) is 6.89. The van der Waals surface area contributed by atoms with E-state index < -0.39 is 11.8 Å². The number of anilines is 1. The lowest BCUT2D eigenvalue weighted by Crippen LogP contribution is -2.25. The third kappa shape index (κ3) is 5.39. The van der Waals surface area contributed by atoms with Crippen molar-refractivity contribution < 1.29 is 23.2 Å². The first-order valence-electron chi connectivity index (χ1n) is 9.72. The molecule has 0 aliphatic heterocycles. The van der Waals surface area contributed by atoms with Crippen LogP contribution < -0.4 is 15.4 Å². The molecule has 0 unspecified atom stereocenters. The van der Waals surface area contributed by atoms with Crippen LogP contribution in [-0.2, 0) is 20.2 Å². The van der Waals surface area contributed by atoms with Gasteiger partial charge in [-0.2, -0.15) is 5.10 Å². The molecule has 2 amide bonds. The SMILES string of the molecule is Cn1cc(NC(=O)c2ccc(COc3cccc(Cl)c3Cl)o2)c(C(=O)NCc2ccco2)n1. The molecule has 4 rings (SSSR count). The standard InChI is InChI=1S/C22H18Cl2N4O5/c1-28-11-16(20(27-28)22(30)25-10-13-4-3-9-31-13)26-21(29)18-8-7-14(33-18)12-32-17-6-2-5-15(23)19(17)24/h2-9,11H,10,12H2,1H3,(H,25,30)(H,26,29). The second kappa shape index (κ2) is 9.85. The summed E-state index contributed by atoms with van der Waals surface area (Å²) >= 11 is 12.1. The third-order valence-corrected chi connectivity index (χ3v) is 5.27. The maximum Gasteiger partial charge on any atom is 0.291 e. The molecule has 0 atom stereocenters. The van der Waals surface area contributed by atoms with E-state index >= 15 is 0 Å². The van der Waals surface area contributed by atoms with Crippen LogP contribution in [-0.4, -0.2) is 21.6 Å². The summed E-state index contributed by atoms with van der Waals surface area (Å²) in [5, 5.41) is 10.1. The fraction of sp³-hybridized carbons (Fsp3) is 0.136. The topological polar surface area (TPSA) is 112 Å². The summed E-state index contributed by atoms with van der Waals surface area (Å²) in [4.78, 5) is 25.2. The number of benzene rings is 1. The van der Waals surface area contributed by atoms with E-state index in [9.17, 15) is 9.59 Å². The summed E-state index contributed by atoms with van der Waals surface area (Å²) in [6.45, 7) is 0.231. The smallest absolute Gasteiger partial charge is 0.291 e. The van der Waals surface area contributed by atoms with E-state index in [0.717, 1.165) is 0 Å². The number of carbonyl (C=O) groups is 2. The van der Waals surface area contributed by atoms with Crippen LogP contribution in [0, 0.1) is 0 Å². The van der Waals surface area contributed by atoms with E-state index in [1.807, 2.05) is 0 Å². The molecular formula is C22H18Cl2N4O5. The van der Waals surface area contributed by atoms with E-state index in [4.69, 9.17) is 36.8 Å². The number of aryl methyl sites for hydroxylation is 1. The predicted octanol–water partition coefficient (Wildman–Crippen LogP) is 4.67. The summed E-state index contributed by atoms with van der Waals surface area (Å²) in [6, 6.07) is 11.6. The Balaban J connectivity index is 1.39. The Hall–Kier alpha value is -3.69. The van der Waals surface area contributed by atoms with Gasteiger partial charge >= 0.3 is 0 Å². The van der Waals surface area contributed by atoms with Crippen molar-refractivity contribution in [3.05, 3.63) is 87.9 Å². The lowest BCUT2D eigenvalue weighted by atomic mass is 10.3. The normalized spacial score (nSPS) is 10.8. The Kier molecular flexibility index (Phi) is 6.71. The maximum absolute atomic E-state index is 12.7. The van der Waals surface area contributed by atoms with Gasteiger partial charge in [0.25, 0.3) is 11.8 Å². The van der Waals surface area contributed by atoms with E-state index in [1.54, 1.807) is 43.4 Å². The number of hydrogen-bond donors (Lipinski definition) is 2. The summed E-state index contributed by atoms with van der Waals surface area (Å²) in [6.07, 6.45) is 3.04. The number of rotatable bonds is 8. The molecule has 0 spiro atoms. The maximum atomic E-state index is 12.7. The quantitative estimate of drug-likeness (QED) is 0.372. The molecule has 4 aromatic rings. The largest absolute Gasteiger partial charge is 0.484 e. The first-order chi connectivity index (χ1) is 15.9. The minimum atomic E-state index is -0.546. The highest BCUT2D eigenvalue weighted by molar-refractivity contribution is 6.42. The van der Waals surface area contributed by atoms with Gasteiger partial charge in [-0.1, -0.05) is 29.3 Å². The highest BCUT2D eigenvalue weighted by Gasteiger charge is 2.20. The summed E-state index contributed by atoms with van der Waals surface area (Å²) in [5.74, 6) is 0.418. The van der Waals surface area contributed by atoms with Crippen molar-refractivity contribution in [2.75, 3.05) is 5.32 Å². The van der Waals surface area contributed by atoms with Gasteiger partial charge in [0.15, 0.2) is 11.5 Å². The molecule has 33 heavy (non-hydrogen) atoms. The average Bonchev–Trinajstić information content (AvgIpc) is 3.54. The minimum absolute atomic E-state index is 0.0385. The number of amides is 2. The number of halogens is 2. The molecule has 3 heterocycles. The lowest BCUT2D eigenvalue weighted by molar-refractivity contribution is 0.0943. The number of nitrogens with zero attached hydrogens (tertiary/aromatic N) is 2. The number of furan rings is 2. The fourth-order valence-electron chi connectivity index (χ4n) is 2.92. The summed E-state index contributed by atoms with van der Waals surface area (Å²) in [7, 11) is 1.64. The van der Waals surface area contributed by atoms with Gasteiger partial charge in [-0.25, -0.2) is 0 Å². The molecule has 0 radical (unpaired) electrons. The molecule has 1 aromatic carbocycles. The Labute approximate surface area is 198 Å². The molecule has 2 N–H and O–H groups in total. The van der Waals surface area contributed by atoms with Crippen LogP contribution in [0.15, 0.2) is 63.8 Å². The van der Waals surface area contributed by atoms with Crippen molar-refractivity contribution in [1.29, 1.82) is 0 Å². The highest BCUT2D eigenvalue weighted by atomic mass is 35.5. The number of carbonyl (C=O) groups excluding carboxylic acids is 2. The zero-order valence-corrected chi connectivity index (χ0v) is 18.8. The summed E-state index contributed by atoms with van der Waals surface area (Å²) < 4.78 is 17.8. The molecule has 0 saturated heterocycles. The van der Waals surface area contributed by atoms with E-state index in [1.165, 1.54) is 23.2 Å². The molecule has 0 aliphatic rings. The van der Waals surface area contributed by atoms with Gasteiger partial charge in [0, 0.05) is 13.2 Å². The molecule has 11 heteroatoms. The Morgan fingerprint density at radius 3 is 2.73 bits per heavy atom. The molecule has 0 fully saturated rings. The molecule has 9 nitrogen and oxygen atoms in total. The number of aromatic nitrogens is 2. The molecular weight excluding hydrogens is 471 g/mol. The first-order valence-corrected chi connectivity index (χ1v) is 10.5. The zero-order valence-electron chi connectivity index (χ0n) is 17.3. The van der Waals surface area contributed by atoms with Crippen LogP contribution in [0.3, 0.4) is 0 Å². The third-order valence-electron chi connectivity index (χ3n) is 4.47. The van der Waals surface area contributed by atoms with Gasteiger partial charge in [0.2, 0.25) is 0 Å². The number of nitrogens with one attached hydrogen (secondary N) is 2. The van der Waals surface area contributed by atoms with E-state index in [-0.39, 0.29) is 35.3 Å². The van der Waals surface area contributed by atoms with Gasteiger partial charge in [0.05, 0.1) is 23.5 Å². The number of hydrogen-bond acceptors (Lipinski definition) is 6. The predicted molar refractivity (Wildman–Crippen MR) is 121 cm³/mol. The highest BCUT2D eigenvalue weighted by Crippen LogP contribution is 2.32. The van der Waals surface area contributed by atoms with Gasteiger partial charge in [-0.3, -0.25) is 14.3 Å². The number of ether oxygens (including phenoxy) is 1. The second-order valence-corrected chi connectivity index (χ2v) is 7.67. The summed E-state index contributed by atoms with van der Waals surface area (Å²) in [5.41, 5.74) is 0.294. The van der Waals surface area contributed by atoms with Gasteiger partial charge in [-0.05, 0) is 36.4 Å². The molecule has 0 saturated carbocycles. The molecule has 170 valence electrons. The van der Waals surface area contributed by atoms with Gasteiger partial charge in [0.1, 0.15) is 28.9 Å². The minimum Gasteiger partial charge on any atom is -0.484 e. The lowest BCUT2D eigenvalue weighted by Gasteiger charge is -2.07. The van der Waals surface area contributed by atoms with Crippen molar-refractivity contribution in [2.45, 2.75) is 13.2 Å². The van der Waals surface area contributed by atoms with Crippen LogP contribution in [0.5, 0.6) is 5.75 Å². The Bertz CT molecular complexity index is 1280. The molecule has 0 bridgehead atoms. The monoisotopic (exact) mass is 488 g/mol. The zero-order chi connectivity index (χ0) is 23.4. The Morgan fingerprint density at radius 2 is 1.94 bits per heavy atom. The molecule has 3 aromatic heterocycles. The van der Waals surface area contributed by atoms with Crippen LogP contribution >= 0.6 is 23.2 Å². The van der Waals surface area contributed by atoms with Gasteiger partial charge < -0.3 is 24.2 Å². The molecule has 0 aliphatic carbocycles. The van der Waals surface area contributed by atoms with Crippen molar-refractivity contribution in [3.8, 4) is 5.75 Å². The fourth-order valence-corrected chi connectivity index (χ4v) is 3.26. The van der Waals surface area contributed by atoms with Crippen LogP contribution in [0.1, 0.15) is 32.6 Å². The van der Waals surface area contributed by atoms with Crippen molar-refractivity contribution >= 4 is 40.7 Å². The van der Waals surface area contributed by atoms with Crippen LogP contribution in [0.25, 0.3) is 0 Å². The van der Waals surface area contributed by atoms with Crippen LogP contribution in [0.4, 0.5) is 5.69 Å². The average molecular weight is 489 g/mol. The first kappa shape index (κ1) is 22.5. The van der Waals surface area contributed by atoms with Crippen molar-refractivity contribution in [3.63, 3.8) is 0 Å². The Morgan fingerprint density at radius 1 is 1.09 bits per heavy atom. The van der Waals surface area contributed by atoms with E-state index in [0.29, 0.717) is 22.3 Å². The van der Waals surface area contributed by atoms with Crippen molar-refractivity contribution in [2.24, 2.45) is 7.05 Å². The van der Waals surface area contributed by atoms with Gasteiger partial charge in [-0.15, -0.1) is 0 Å². The van der Waals surface area contributed by atoms with Crippen molar-refractivity contribution in [1.82, 2.24) is 15.1 Å². The van der Waals surface area contributed by atoms with E-state index in [2.05, 4.69) is 15.7 Å². The van der Waals surface area contributed by atoms with Crippen LogP contribution in [0.2, 0.25) is 10.0 Å².